The van der Waals surface area contributed by atoms with Gasteiger partial charge in [0, 0.05) is 31.6 Å². The van der Waals surface area contributed by atoms with E-state index in [0.717, 1.165) is 25.8 Å². The molecule has 0 radical (unpaired) electrons. The number of hydrogen-bond acceptors (Lipinski definition) is 3. The van der Waals surface area contributed by atoms with E-state index in [-0.39, 0.29) is 24.5 Å². The van der Waals surface area contributed by atoms with Crippen molar-refractivity contribution in [3.05, 3.63) is 0 Å². The van der Waals surface area contributed by atoms with Crippen molar-refractivity contribution in [2.45, 2.75) is 51.1 Å². The maximum absolute atomic E-state index is 12.2. The summed E-state index contributed by atoms with van der Waals surface area (Å²) in [7, 11) is 3.96. The van der Waals surface area contributed by atoms with Crippen LogP contribution in [0, 0.1) is 0 Å². The highest BCUT2D eigenvalue weighted by Crippen LogP contribution is 2.20. The van der Waals surface area contributed by atoms with Crippen molar-refractivity contribution >= 4 is 12.0 Å². The molecule has 0 aliphatic carbocycles. The lowest BCUT2D eigenvalue weighted by atomic mass is 9.98. The maximum Gasteiger partial charge on any atom is 0.317 e. The molecule has 1 rings (SSSR count). The highest BCUT2D eigenvalue weighted by atomic mass is 16.4. The third-order valence-electron chi connectivity index (χ3n) is 4.01. The first kappa shape index (κ1) is 16.8. The van der Waals surface area contributed by atoms with Crippen molar-refractivity contribution in [3.63, 3.8) is 0 Å². The van der Waals surface area contributed by atoms with Gasteiger partial charge in [-0.2, -0.15) is 0 Å². The minimum atomic E-state index is -0.794. The van der Waals surface area contributed by atoms with Crippen molar-refractivity contribution in [1.29, 1.82) is 0 Å². The maximum atomic E-state index is 12.2. The van der Waals surface area contributed by atoms with Gasteiger partial charge >= 0.3 is 12.0 Å². The smallest absolute Gasteiger partial charge is 0.317 e. The molecule has 2 atom stereocenters. The molecule has 1 aliphatic heterocycles. The Hall–Kier alpha value is -1.30. The molecule has 0 spiro atoms. The van der Waals surface area contributed by atoms with Gasteiger partial charge in [-0.3, -0.25) is 4.79 Å². The number of urea groups is 1. The Morgan fingerprint density at radius 2 is 2.10 bits per heavy atom. The van der Waals surface area contributed by atoms with Crippen molar-refractivity contribution in [1.82, 2.24) is 15.1 Å². The standard InChI is InChI=1S/C14H27N3O3/c1-11(16(2)3)10-15-14(20)17-9-5-4-6-12(17)7-8-13(18)19/h11-12H,4-10H2,1-3H3,(H,15,20)(H,18,19). The Morgan fingerprint density at radius 1 is 1.40 bits per heavy atom. The lowest BCUT2D eigenvalue weighted by Crippen LogP contribution is -2.51. The van der Waals surface area contributed by atoms with E-state index in [1.54, 1.807) is 0 Å². The number of likely N-dealkylation sites (tertiary alicyclic amines) is 1. The van der Waals surface area contributed by atoms with E-state index in [0.29, 0.717) is 13.0 Å². The molecule has 6 nitrogen and oxygen atoms in total. The van der Waals surface area contributed by atoms with Crippen LogP contribution in [0.5, 0.6) is 0 Å². The summed E-state index contributed by atoms with van der Waals surface area (Å²) < 4.78 is 0. The summed E-state index contributed by atoms with van der Waals surface area (Å²) in [5.74, 6) is -0.794. The number of nitrogens with zero attached hydrogens (tertiary/aromatic N) is 2. The molecule has 116 valence electrons. The Labute approximate surface area is 121 Å². The molecule has 0 aromatic carbocycles. The summed E-state index contributed by atoms with van der Waals surface area (Å²) in [5, 5.41) is 11.7. The van der Waals surface area contributed by atoms with Crippen LogP contribution in [0.25, 0.3) is 0 Å². The van der Waals surface area contributed by atoms with Crippen LogP contribution >= 0.6 is 0 Å². The lowest BCUT2D eigenvalue weighted by molar-refractivity contribution is -0.137. The van der Waals surface area contributed by atoms with Gasteiger partial charge in [-0.25, -0.2) is 4.79 Å². The zero-order chi connectivity index (χ0) is 15.1. The minimum absolute atomic E-state index is 0.0613. The molecule has 1 saturated heterocycles. The second kappa shape index (κ2) is 8.09. The number of likely N-dealkylation sites (N-methyl/N-ethyl adjacent to an activating group) is 1. The van der Waals surface area contributed by atoms with E-state index in [1.165, 1.54) is 0 Å². The minimum Gasteiger partial charge on any atom is -0.481 e. The van der Waals surface area contributed by atoms with E-state index in [1.807, 2.05) is 19.0 Å². The number of carbonyl (C=O) groups excluding carboxylic acids is 1. The second-order valence-corrected chi connectivity index (χ2v) is 5.77. The lowest BCUT2D eigenvalue weighted by Gasteiger charge is -2.36. The molecule has 1 fully saturated rings. The van der Waals surface area contributed by atoms with Crippen LogP contribution in [0.1, 0.15) is 39.0 Å². The summed E-state index contributed by atoms with van der Waals surface area (Å²) in [6.07, 6.45) is 3.65. The van der Waals surface area contributed by atoms with Crippen LogP contribution in [0.3, 0.4) is 0 Å². The van der Waals surface area contributed by atoms with Gasteiger partial charge in [-0.15, -0.1) is 0 Å². The van der Waals surface area contributed by atoms with Crippen molar-refractivity contribution in [3.8, 4) is 0 Å². The Bertz CT molecular complexity index is 334. The van der Waals surface area contributed by atoms with Gasteiger partial charge in [0.05, 0.1) is 0 Å². The molecule has 0 saturated carbocycles. The average molecular weight is 285 g/mol. The van der Waals surface area contributed by atoms with Crippen LogP contribution in [0.4, 0.5) is 4.79 Å². The zero-order valence-electron chi connectivity index (χ0n) is 12.8. The highest BCUT2D eigenvalue weighted by Gasteiger charge is 2.27. The quantitative estimate of drug-likeness (QED) is 0.773. The average Bonchev–Trinajstić information content (AvgIpc) is 2.42. The number of nitrogens with one attached hydrogen (secondary N) is 1. The van der Waals surface area contributed by atoms with Gasteiger partial charge in [0.15, 0.2) is 0 Å². The number of piperidine rings is 1. The van der Waals surface area contributed by atoms with E-state index in [2.05, 4.69) is 17.1 Å². The first-order valence-electron chi connectivity index (χ1n) is 7.34. The number of carbonyl (C=O) groups is 2. The number of aliphatic carboxylic acids is 1. The molecular weight excluding hydrogens is 258 g/mol. The summed E-state index contributed by atoms with van der Waals surface area (Å²) in [6.45, 7) is 3.39. The number of carboxylic acids is 1. The number of amides is 2. The highest BCUT2D eigenvalue weighted by molar-refractivity contribution is 5.75. The summed E-state index contributed by atoms with van der Waals surface area (Å²) >= 11 is 0. The van der Waals surface area contributed by atoms with Crippen LogP contribution in [-0.4, -0.2) is 66.2 Å². The molecule has 2 amide bonds. The van der Waals surface area contributed by atoms with Gasteiger partial charge in [-0.1, -0.05) is 0 Å². The largest absolute Gasteiger partial charge is 0.481 e. The zero-order valence-corrected chi connectivity index (χ0v) is 12.8. The monoisotopic (exact) mass is 285 g/mol. The molecule has 0 aromatic heterocycles. The normalized spacial score (nSPS) is 20.8. The molecule has 0 aromatic rings. The molecule has 6 heteroatoms. The van der Waals surface area contributed by atoms with Crippen LogP contribution in [0.15, 0.2) is 0 Å². The van der Waals surface area contributed by atoms with E-state index >= 15 is 0 Å². The predicted molar refractivity (Wildman–Crippen MR) is 77.8 cm³/mol. The molecule has 0 bridgehead atoms. The number of rotatable bonds is 6. The molecule has 2 unspecified atom stereocenters. The van der Waals surface area contributed by atoms with Gasteiger partial charge in [-0.05, 0) is 46.7 Å². The topological polar surface area (TPSA) is 72.9 Å². The fourth-order valence-electron chi connectivity index (χ4n) is 2.38. The molecule has 2 N–H and O–H groups in total. The fraction of sp³-hybridized carbons (Fsp3) is 0.857. The van der Waals surface area contributed by atoms with Gasteiger partial charge in [0.1, 0.15) is 0 Å². The molecule has 1 heterocycles. The predicted octanol–water partition coefficient (Wildman–Crippen LogP) is 1.37. The SMILES string of the molecule is CC(CNC(=O)N1CCCCC1CCC(=O)O)N(C)C. The Balaban J connectivity index is 2.47. The van der Waals surface area contributed by atoms with E-state index in [4.69, 9.17) is 5.11 Å². The first-order chi connectivity index (χ1) is 9.41. The van der Waals surface area contributed by atoms with Crippen LogP contribution in [0.2, 0.25) is 0 Å². The summed E-state index contributed by atoms with van der Waals surface area (Å²) in [5.41, 5.74) is 0. The summed E-state index contributed by atoms with van der Waals surface area (Å²) in [6, 6.07) is 0.282. The molecular formula is C14H27N3O3. The van der Waals surface area contributed by atoms with Crippen LogP contribution in [-0.2, 0) is 4.79 Å². The van der Waals surface area contributed by atoms with Gasteiger partial charge in [0.25, 0.3) is 0 Å². The van der Waals surface area contributed by atoms with Crippen molar-refractivity contribution in [2.75, 3.05) is 27.2 Å². The van der Waals surface area contributed by atoms with Crippen molar-refractivity contribution in [2.24, 2.45) is 0 Å². The third kappa shape index (κ3) is 5.36. The van der Waals surface area contributed by atoms with E-state index < -0.39 is 5.97 Å². The first-order valence-corrected chi connectivity index (χ1v) is 7.34. The second-order valence-electron chi connectivity index (χ2n) is 5.77. The van der Waals surface area contributed by atoms with Crippen molar-refractivity contribution < 1.29 is 14.7 Å². The Kier molecular flexibility index (Phi) is 6.78. The number of carboxylic acid groups (broad SMARTS) is 1. The molecule has 20 heavy (non-hydrogen) atoms. The molecule has 1 aliphatic rings. The van der Waals surface area contributed by atoms with Crippen LogP contribution < -0.4 is 5.32 Å². The Morgan fingerprint density at radius 3 is 2.70 bits per heavy atom. The van der Waals surface area contributed by atoms with Gasteiger partial charge in [0.2, 0.25) is 0 Å². The summed E-state index contributed by atoms with van der Waals surface area (Å²) in [4.78, 5) is 26.8. The fourth-order valence-corrected chi connectivity index (χ4v) is 2.38. The van der Waals surface area contributed by atoms with E-state index in [9.17, 15) is 9.59 Å². The third-order valence-corrected chi connectivity index (χ3v) is 4.01. The van der Waals surface area contributed by atoms with Gasteiger partial charge < -0.3 is 20.2 Å². The number of hydrogen-bond donors (Lipinski definition) is 2.